The van der Waals surface area contributed by atoms with E-state index < -0.39 is 10.0 Å². The summed E-state index contributed by atoms with van der Waals surface area (Å²) < 4.78 is 37.3. The molecule has 3 aromatic rings. The summed E-state index contributed by atoms with van der Waals surface area (Å²) in [6, 6.07) is 9.25. The largest absolute Gasteiger partial charge is 0.497 e. The first-order valence-electron chi connectivity index (χ1n) is 12.5. The molecule has 2 heterocycles. The number of halogens is 1. The minimum atomic E-state index is -3.55. The fourth-order valence-electron chi connectivity index (χ4n) is 4.40. The Morgan fingerprint density at radius 3 is 2.46 bits per heavy atom. The van der Waals surface area contributed by atoms with E-state index in [9.17, 15) is 8.42 Å². The minimum absolute atomic E-state index is 0.246. The van der Waals surface area contributed by atoms with E-state index in [4.69, 9.17) is 26.8 Å². The van der Waals surface area contributed by atoms with Gasteiger partial charge in [-0.2, -0.15) is 4.98 Å². The number of ether oxygens (including phenoxy) is 2. The predicted molar refractivity (Wildman–Crippen MR) is 157 cm³/mol. The number of nitrogens with zero attached hydrogens (tertiary/aromatic N) is 3. The molecule has 1 aliphatic rings. The maximum absolute atomic E-state index is 11.9. The first-order valence-corrected chi connectivity index (χ1v) is 14.8. The first kappa shape index (κ1) is 28.5. The maximum Gasteiger partial charge on any atom is 0.229 e. The van der Waals surface area contributed by atoms with Crippen molar-refractivity contribution in [1.82, 2.24) is 9.97 Å². The molecule has 0 saturated carbocycles. The molecule has 1 aromatic heterocycles. The van der Waals surface area contributed by atoms with E-state index in [1.54, 1.807) is 25.3 Å². The number of sulfonamides is 1. The number of hydrogen-bond acceptors (Lipinski definition) is 10. The van der Waals surface area contributed by atoms with Gasteiger partial charge in [-0.3, -0.25) is 4.72 Å². The van der Waals surface area contributed by atoms with Crippen LogP contribution in [-0.2, 0) is 16.4 Å². The van der Waals surface area contributed by atoms with E-state index in [0.29, 0.717) is 22.9 Å². The van der Waals surface area contributed by atoms with Gasteiger partial charge in [-0.15, -0.1) is 0 Å². The highest BCUT2D eigenvalue weighted by atomic mass is 35.5. The van der Waals surface area contributed by atoms with E-state index in [1.165, 1.54) is 13.3 Å². The van der Waals surface area contributed by atoms with Crippen molar-refractivity contribution < 1.29 is 17.9 Å². The molecular weight excluding hydrogens is 542 g/mol. The van der Waals surface area contributed by atoms with Crippen LogP contribution >= 0.6 is 11.6 Å². The molecule has 1 aliphatic heterocycles. The van der Waals surface area contributed by atoms with Crippen LogP contribution < -0.4 is 35.5 Å². The number of anilines is 6. The van der Waals surface area contributed by atoms with Gasteiger partial charge in [-0.1, -0.05) is 18.5 Å². The van der Waals surface area contributed by atoms with Crippen LogP contribution in [0.1, 0.15) is 25.3 Å². The molecule has 0 spiro atoms. The molecule has 0 atom stereocenters. The molecule has 1 saturated heterocycles. The van der Waals surface area contributed by atoms with Crippen LogP contribution in [0.25, 0.3) is 0 Å². The molecule has 13 heteroatoms. The fraction of sp³-hybridized carbons (Fsp3) is 0.385. The van der Waals surface area contributed by atoms with Gasteiger partial charge in [-0.05, 0) is 43.0 Å². The zero-order chi connectivity index (χ0) is 28.2. The normalized spacial score (nSPS) is 14.2. The Hall–Kier alpha value is -3.48. The smallest absolute Gasteiger partial charge is 0.229 e. The monoisotopic (exact) mass is 575 g/mol. The van der Waals surface area contributed by atoms with Crippen molar-refractivity contribution >= 4 is 56.1 Å². The topological polar surface area (TPSA) is 144 Å². The highest BCUT2D eigenvalue weighted by molar-refractivity contribution is 7.92. The average molecular weight is 576 g/mol. The second-order valence-corrected chi connectivity index (χ2v) is 11.4. The summed E-state index contributed by atoms with van der Waals surface area (Å²) in [5.41, 5.74) is 9.83. The highest BCUT2D eigenvalue weighted by Crippen LogP contribution is 2.37. The Morgan fingerprint density at radius 1 is 1.08 bits per heavy atom. The summed E-state index contributed by atoms with van der Waals surface area (Å²) in [6.07, 6.45) is 5.27. The standard InChI is InChI=1S/C26H34ClN7O4S/c1-5-16-12-22(24(38-3)14-23(16)34-10-8-17(28)9-11-34)31-26-29-15-19(27)25(32-26)30-20-7-6-18(37-2)13-21(20)33-39(4,35)36/h6-7,12-15,17,33H,5,8-11,28H2,1-4H3,(H2,29,30,31,32). The first-order chi connectivity index (χ1) is 18.6. The Morgan fingerprint density at radius 2 is 1.82 bits per heavy atom. The Labute approximate surface area is 234 Å². The Bertz CT molecular complexity index is 1430. The van der Waals surface area contributed by atoms with E-state index in [0.717, 1.165) is 49.9 Å². The number of rotatable bonds is 10. The molecule has 0 amide bonds. The van der Waals surface area contributed by atoms with Crippen molar-refractivity contribution in [2.45, 2.75) is 32.2 Å². The van der Waals surface area contributed by atoms with Gasteiger partial charge in [0.2, 0.25) is 16.0 Å². The molecule has 0 aliphatic carbocycles. The number of nitrogens with two attached hydrogens (primary N) is 1. The summed E-state index contributed by atoms with van der Waals surface area (Å²) in [7, 11) is -0.431. The van der Waals surface area contributed by atoms with Gasteiger partial charge >= 0.3 is 0 Å². The quantitative estimate of drug-likeness (QED) is 0.273. The third kappa shape index (κ3) is 7.14. The zero-order valence-electron chi connectivity index (χ0n) is 22.4. The Kier molecular flexibility index (Phi) is 8.88. The second kappa shape index (κ2) is 12.1. The van der Waals surface area contributed by atoms with Gasteiger partial charge in [0, 0.05) is 37.0 Å². The third-order valence-corrected chi connectivity index (χ3v) is 7.29. The van der Waals surface area contributed by atoms with Crippen LogP contribution in [0.15, 0.2) is 36.5 Å². The van der Waals surface area contributed by atoms with Gasteiger partial charge in [-0.25, -0.2) is 13.4 Å². The Balaban J connectivity index is 1.63. The van der Waals surface area contributed by atoms with E-state index in [-0.39, 0.29) is 28.5 Å². The fourth-order valence-corrected chi connectivity index (χ4v) is 5.11. The van der Waals surface area contributed by atoms with Crippen LogP contribution in [-0.4, -0.2) is 58.0 Å². The van der Waals surface area contributed by atoms with Gasteiger partial charge in [0.25, 0.3) is 0 Å². The van der Waals surface area contributed by atoms with Crippen molar-refractivity contribution in [3.8, 4) is 11.5 Å². The molecule has 4 rings (SSSR count). The lowest BCUT2D eigenvalue weighted by Crippen LogP contribution is -2.40. The molecule has 1 fully saturated rings. The van der Waals surface area contributed by atoms with Crippen LogP contribution in [0, 0.1) is 0 Å². The van der Waals surface area contributed by atoms with Crippen LogP contribution in [0.2, 0.25) is 5.02 Å². The SMILES string of the molecule is CCc1cc(Nc2ncc(Cl)c(Nc3ccc(OC)cc3NS(C)(=O)=O)n2)c(OC)cc1N1CCC(N)CC1. The van der Waals surface area contributed by atoms with Crippen molar-refractivity contribution in [2.24, 2.45) is 5.73 Å². The lowest BCUT2D eigenvalue weighted by atomic mass is 10.0. The van der Waals surface area contributed by atoms with Gasteiger partial charge < -0.3 is 30.7 Å². The van der Waals surface area contributed by atoms with Crippen molar-refractivity contribution in [1.29, 1.82) is 0 Å². The number of piperidine rings is 1. The molecular formula is C26H34ClN7O4S. The minimum Gasteiger partial charge on any atom is -0.497 e. The van der Waals surface area contributed by atoms with Crippen molar-refractivity contribution in [3.63, 3.8) is 0 Å². The van der Waals surface area contributed by atoms with Gasteiger partial charge in [0.05, 0.1) is 43.7 Å². The lowest BCUT2D eigenvalue weighted by molar-refractivity contribution is 0.415. The zero-order valence-corrected chi connectivity index (χ0v) is 24.0. The van der Waals surface area contributed by atoms with Crippen LogP contribution in [0.4, 0.5) is 34.5 Å². The number of nitrogens with one attached hydrogen (secondary N) is 3. The average Bonchev–Trinajstić information content (AvgIpc) is 2.90. The van der Waals surface area contributed by atoms with E-state index >= 15 is 0 Å². The molecule has 5 N–H and O–H groups in total. The molecule has 11 nitrogen and oxygen atoms in total. The summed E-state index contributed by atoms with van der Waals surface area (Å²) in [5, 5.41) is 6.59. The highest BCUT2D eigenvalue weighted by Gasteiger charge is 2.21. The molecule has 210 valence electrons. The van der Waals surface area contributed by atoms with Gasteiger partial charge in [0.1, 0.15) is 16.5 Å². The number of aryl methyl sites for hydroxylation is 1. The molecule has 2 aromatic carbocycles. The summed E-state index contributed by atoms with van der Waals surface area (Å²) in [5.74, 6) is 1.70. The lowest BCUT2D eigenvalue weighted by Gasteiger charge is -2.34. The summed E-state index contributed by atoms with van der Waals surface area (Å²) >= 11 is 6.40. The van der Waals surface area contributed by atoms with Gasteiger partial charge in [0.15, 0.2) is 5.82 Å². The number of methoxy groups -OCH3 is 2. The number of benzene rings is 2. The van der Waals surface area contributed by atoms with Crippen LogP contribution in [0.3, 0.4) is 0 Å². The maximum atomic E-state index is 11.9. The third-order valence-electron chi connectivity index (χ3n) is 6.43. The van der Waals surface area contributed by atoms with E-state index in [1.807, 2.05) is 12.1 Å². The predicted octanol–water partition coefficient (Wildman–Crippen LogP) is 4.50. The molecule has 0 bridgehead atoms. The summed E-state index contributed by atoms with van der Waals surface area (Å²) in [6.45, 7) is 3.92. The second-order valence-electron chi connectivity index (χ2n) is 9.29. The van der Waals surface area contributed by atoms with Crippen LogP contribution in [0.5, 0.6) is 11.5 Å². The number of aromatic nitrogens is 2. The van der Waals surface area contributed by atoms with Crippen molar-refractivity contribution in [3.05, 3.63) is 47.1 Å². The molecule has 39 heavy (non-hydrogen) atoms. The molecule has 0 unspecified atom stereocenters. The molecule has 0 radical (unpaired) electrons. The number of hydrogen-bond donors (Lipinski definition) is 4. The van der Waals surface area contributed by atoms with Crippen molar-refractivity contribution in [2.75, 3.05) is 53.8 Å². The summed E-state index contributed by atoms with van der Waals surface area (Å²) in [4.78, 5) is 11.2. The van der Waals surface area contributed by atoms with E-state index in [2.05, 4.69) is 37.1 Å².